The van der Waals surface area contributed by atoms with Crippen molar-refractivity contribution in [3.8, 4) is 0 Å². The minimum Gasteiger partial charge on any atom is -0.374 e. The van der Waals surface area contributed by atoms with Gasteiger partial charge in [-0.3, -0.25) is 0 Å². The van der Waals surface area contributed by atoms with E-state index in [1.54, 1.807) is 0 Å². The summed E-state index contributed by atoms with van der Waals surface area (Å²) in [6, 6.07) is 16.9. The lowest BCUT2D eigenvalue weighted by Crippen LogP contribution is -2.20. The van der Waals surface area contributed by atoms with Crippen molar-refractivity contribution in [2.75, 3.05) is 18.5 Å². The van der Waals surface area contributed by atoms with Crippen LogP contribution < -0.4 is 10.6 Å². The first-order valence-electron chi connectivity index (χ1n) is 6.43. The van der Waals surface area contributed by atoms with Gasteiger partial charge in [0.1, 0.15) is 0 Å². The second kappa shape index (κ2) is 6.73. The topological polar surface area (TPSA) is 29.3 Å². The molecule has 0 bridgehead atoms. The molecule has 3 heteroatoms. The molecule has 0 saturated carbocycles. The zero-order valence-electron chi connectivity index (χ0n) is 11.1. The molecule has 19 heavy (non-hydrogen) atoms. The summed E-state index contributed by atoms with van der Waals surface area (Å²) in [4.78, 5) is 2.27. The van der Waals surface area contributed by atoms with Gasteiger partial charge in [-0.1, -0.05) is 40.2 Å². The Labute approximate surface area is 123 Å². The van der Waals surface area contributed by atoms with Crippen molar-refractivity contribution in [1.29, 1.82) is 0 Å². The zero-order chi connectivity index (χ0) is 13.7. The van der Waals surface area contributed by atoms with Crippen molar-refractivity contribution in [2.24, 2.45) is 5.73 Å². The molecule has 2 nitrogen and oxygen atoms in total. The number of nitrogens with zero attached hydrogens (tertiary/aromatic N) is 1. The Hall–Kier alpha value is -1.32. The summed E-state index contributed by atoms with van der Waals surface area (Å²) < 4.78 is 1.14. The third-order valence-corrected chi connectivity index (χ3v) is 3.73. The average Bonchev–Trinajstić information content (AvgIpc) is 2.45. The number of rotatable bonds is 5. The largest absolute Gasteiger partial charge is 0.374 e. The highest BCUT2D eigenvalue weighted by Gasteiger charge is 2.02. The van der Waals surface area contributed by atoms with Crippen LogP contribution in [0.4, 0.5) is 5.69 Å². The van der Waals surface area contributed by atoms with Gasteiger partial charge in [-0.05, 0) is 41.8 Å². The van der Waals surface area contributed by atoms with Crippen LogP contribution >= 0.6 is 15.9 Å². The maximum absolute atomic E-state index is 5.61. The molecule has 0 aliphatic rings. The van der Waals surface area contributed by atoms with Gasteiger partial charge in [0.25, 0.3) is 0 Å². The number of anilines is 1. The first kappa shape index (κ1) is 14.1. The van der Waals surface area contributed by atoms with E-state index in [1.807, 2.05) is 0 Å². The summed E-state index contributed by atoms with van der Waals surface area (Å²) in [7, 11) is 2.12. The van der Waals surface area contributed by atoms with E-state index in [-0.39, 0.29) is 0 Å². The lowest BCUT2D eigenvalue weighted by atomic mass is 10.1. The van der Waals surface area contributed by atoms with Gasteiger partial charge in [0.15, 0.2) is 0 Å². The fraction of sp³-hybridized carbons (Fsp3) is 0.250. The van der Waals surface area contributed by atoms with Gasteiger partial charge < -0.3 is 10.6 Å². The molecule has 0 unspecified atom stereocenters. The maximum Gasteiger partial charge on any atom is 0.0363 e. The van der Waals surface area contributed by atoms with Gasteiger partial charge in [-0.25, -0.2) is 0 Å². The summed E-state index contributed by atoms with van der Waals surface area (Å²) in [5.74, 6) is 0. The Morgan fingerprint density at radius 2 is 1.79 bits per heavy atom. The first-order valence-corrected chi connectivity index (χ1v) is 7.23. The predicted octanol–water partition coefficient (Wildman–Crippen LogP) is 3.59. The Morgan fingerprint density at radius 3 is 2.42 bits per heavy atom. The Balaban J connectivity index is 1.95. The molecule has 0 aliphatic heterocycles. The second-order valence-electron chi connectivity index (χ2n) is 4.67. The molecule has 0 fully saturated rings. The summed E-state index contributed by atoms with van der Waals surface area (Å²) in [5, 5.41) is 0. The Bertz CT molecular complexity index is 523. The molecule has 0 radical (unpaired) electrons. The second-order valence-corrected chi connectivity index (χ2v) is 5.59. The minimum atomic E-state index is 0.599. The number of likely N-dealkylation sites (N-methyl/N-ethyl adjacent to an activating group) is 1. The molecule has 100 valence electrons. The van der Waals surface area contributed by atoms with Crippen molar-refractivity contribution in [2.45, 2.75) is 13.0 Å². The fourth-order valence-corrected chi connectivity index (χ4v) is 2.45. The Kier molecular flexibility index (Phi) is 5.00. The third-order valence-electron chi connectivity index (χ3n) is 3.24. The number of hydrogen-bond acceptors (Lipinski definition) is 2. The quantitative estimate of drug-likeness (QED) is 0.912. The van der Waals surface area contributed by atoms with Crippen LogP contribution in [0.3, 0.4) is 0 Å². The van der Waals surface area contributed by atoms with E-state index < -0.39 is 0 Å². The molecule has 0 atom stereocenters. The van der Waals surface area contributed by atoms with E-state index in [0.717, 1.165) is 17.4 Å². The van der Waals surface area contributed by atoms with Crippen molar-refractivity contribution in [3.05, 3.63) is 64.1 Å². The van der Waals surface area contributed by atoms with Gasteiger partial charge in [0.05, 0.1) is 0 Å². The number of halogens is 1. The maximum atomic E-state index is 5.61. The molecule has 0 spiro atoms. The van der Waals surface area contributed by atoms with Crippen LogP contribution in [0.1, 0.15) is 11.1 Å². The van der Waals surface area contributed by atoms with Crippen LogP contribution in [-0.2, 0) is 13.0 Å². The molecule has 0 aliphatic carbocycles. The van der Waals surface area contributed by atoms with Gasteiger partial charge in [0, 0.05) is 30.3 Å². The lowest BCUT2D eigenvalue weighted by Gasteiger charge is -2.19. The van der Waals surface area contributed by atoms with E-state index >= 15 is 0 Å². The Morgan fingerprint density at radius 1 is 1.05 bits per heavy atom. The van der Waals surface area contributed by atoms with Crippen molar-refractivity contribution in [1.82, 2.24) is 0 Å². The highest BCUT2D eigenvalue weighted by atomic mass is 79.9. The molecule has 0 aromatic heterocycles. The minimum absolute atomic E-state index is 0.599. The molecule has 2 N–H and O–H groups in total. The standard InChI is InChI=1S/C16H19BrN2/c1-19(16-7-5-14(12-18)6-8-16)10-9-13-3-2-4-15(17)11-13/h2-8,11H,9-10,12,18H2,1H3. The van der Waals surface area contributed by atoms with Crippen LogP contribution in [0.2, 0.25) is 0 Å². The van der Waals surface area contributed by atoms with Crippen molar-refractivity contribution >= 4 is 21.6 Å². The summed E-state index contributed by atoms with van der Waals surface area (Å²) >= 11 is 3.50. The zero-order valence-corrected chi connectivity index (χ0v) is 12.7. The predicted molar refractivity (Wildman–Crippen MR) is 85.4 cm³/mol. The number of benzene rings is 2. The highest BCUT2D eigenvalue weighted by molar-refractivity contribution is 9.10. The third kappa shape index (κ3) is 4.08. The molecule has 2 rings (SSSR count). The van der Waals surface area contributed by atoms with Gasteiger partial charge >= 0.3 is 0 Å². The van der Waals surface area contributed by atoms with E-state index in [1.165, 1.54) is 16.8 Å². The van der Waals surface area contributed by atoms with Crippen LogP contribution in [0.5, 0.6) is 0 Å². The molecule has 0 heterocycles. The van der Waals surface area contributed by atoms with Crippen LogP contribution in [0.25, 0.3) is 0 Å². The average molecular weight is 319 g/mol. The SMILES string of the molecule is CN(CCc1cccc(Br)c1)c1ccc(CN)cc1. The summed E-state index contributed by atoms with van der Waals surface area (Å²) in [6.07, 6.45) is 1.04. The van der Waals surface area contributed by atoms with Crippen LogP contribution in [-0.4, -0.2) is 13.6 Å². The number of nitrogens with two attached hydrogens (primary N) is 1. The van der Waals surface area contributed by atoms with Crippen molar-refractivity contribution in [3.63, 3.8) is 0 Å². The van der Waals surface area contributed by atoms with E-state index in [0.29, 0.717) is 6.54 Å². The highest BCUT2D eigenvalue weighted by Crippen LogP contribution is 2.16. The molecule has 0 amide bonds. The molecular formula is C16H19BrN2. The first-order chi connectivity index (χ1) is 9.19. The van der Waals surface area contributed by atoms with E-state index in [9.17, 15) is 0 Å². The van der Waals surface area contributed by atoms with Gasteiger partial charge in [-0.2, -0.15) is 0 Å². The summed E-state index contributed by atoms with van der Waals surface area (Å²) in [5.41, 5.74) is 9.35. The van der Waals surface area contributed by atoms with Gasteiger partial charge in [0.2, 0.25) is 0 Å². The molecule has 2 aromatic rings. The smallest absolute Gasteiger partial charge is 0.0363 e. The molecular weight excluding hydrogens is 300 g/mol. The number of hydrogen-bond donors (Lipinski definition) is 1. The van der Waals surface area contributed by atoms with E-state index in [2.05, 4.69) is 76.4 Å². The normalized spacial score (nSPS) is 10.5. The molecule has 2 aromatic carbocycles. The van der Waals surface area contributed by atoms with E-state index in [4.69, 9.17) is 5.73 Å². The van der Waals surface area contributed by atoms with Crippen molar-refractivity contribution < 1.29 is 0 Å². The monoisotopic (exact) mass is 318 g/mol. The van der Waals surface area contributed by atoms with Crippen LogP contribution in [0.15, 0.2) is 53.0 Å². The van der Waals surface area contributed by atoms with Gasteiger partial charge in [-0.15, -0.1) is 0 Å². The molecule has 0 saturated heterocycles. The lowest BCUT2D eigenvalue weighted by molar-refractivity contribution is 0.875. The fourth-order valence-electron chi connectivity index (χ4n) is 2.00. The van der Waals surface area contributed by atoms with Crippen LogP contribution in [0, 0.1) is 0 Å². The summed E-state index contributed by atoms with van der Waals surface area (Å²) in [6.45, 7) is 1.60.